The van der Waals surface area contributed by atoms with Crippen LogP contribution in [0.15, 0.2) is 24.4 Å². The molecule has 6 rings (SSSR count). The molecule has 5 N–H and O–H groups in total. The number of nitrogens with two attached hydrogens (primary N) is 2. The first-order chi connectivity index (χ1) is 21.5. The first kappa shape index (κ1) is 30.8. The predicted molar refractivity (Wildman–Crippen MR) is 160 cm³/mol. The number of aromatic nitrogens is 4. The summed E-state index contributed by atoms with van der Waals surface area (Å²) in [6.07, 6.45) is -3.35. The van der Waals surface area contributed by atoms with E-state index in [1.165, 1.54) is 6.92 Å². The number of hydrogen-bond acceptors (Lipinski definition) is 11. The first-order valence-electron chi connectivity index (χ1n) is 14.1. The molecule has 1 aromatic carbocycles. The van der Waals surface area contributed by atoms with Crippen LogP contribution >= 0.6 is 11.6 Å². The number of nitrogen functional groups attached to an aromatic ring is 2. The molecule has 11 nitrogen and oxygen atoms in total. The summed E-state index contributed by atoms with van der Waals surface area (Å²) in [4.78, 5) is 18.9. The molecular weight excluding hydrogens is 620 g/mol. The van der Waals surface area contributed by atoms with E-state index in [9.17, 15) is 13.2 Å². The monoisotopic (exact) mass is 648 g/mol. The summed E-state index contributed by atoms with van der Waals surface area (Å²) >= 11 is 6.73. The molecule has 1 fully saturated rings. The number of morpholine rings is 1. The second kappa shape index (κ2) is 11.9. The van der Waals surface area contributed by atoms with Crippen LogP contribution in [0.25, 0.3) is 22.2 Å². The first-order valence-corrected chi connectivity index (χ1v) is 14.4. The van der Waals surface area contributed by atoms with Crippen molar-refractivity contribution in [1.29, 1.82) is 0 Å². The zero-order valence-electron chi connectivity index (χ0n) is 24.2. The van der Waals surface area contributed by atoms with Gasteiger partial charge in [-0.25, -0.2) is 14.4 Å². The predicted octanol–water partition coefficient (Wildman–Crippen LogP) is 4.70. The second-order valence-corrected chi connectivity index (χ2v) is 11.1. The van der Waals surface area contributed by atoms with Gasteiger partial charge in [0.05, 0.1) is 59.1 Å². The van der Waals surface area contributed by atoms with Crippen molar-refractivity contribution >= 4 is 40.0 Å². The Morgan fingerprint density at radius 2 is 2.02 bits per heavy atom. The maximum atomic E-state index is 16.8. The smallest absolute Gasteiger partial charge is 0.418 e. The third kappa shape index (κ3) is 5.71. The van der Waals surface area contributed by atoms with Gasteiger partial charge in [0.25, 0.3) is 0 Å². The Kier molecular flexibility index (Phi) is 8.18. The van der Waals surface area contributed by atoms with Crippen molar-refractivity contribution in [2.24, 2.45) is 0 Å². The molecule has 0 aliphatic carbocycles. The van der Waals surface area contributed by atoms with E-state index in [-0.39, 0.29) is 71.5 Å². The molecule has 0 unspecified atom stereocenters. The van der Waals surface area contributed by atoms with Crippen molar-refractivity contribution < 1.29 is 31.8 Å². The number of rotatable bonds is 6. The van der Waals surface area contributed by atoms with Crippen molar-refractivity contribution in [2.75, 3.05) is 55.9 Å². The number of pyridine rings is 2. The SMILES string of the molecule is Cc1cc(N)nc(-c2c(Cl)c3c4c(nc(OC[C@H]5COCCN5)nc4c2F)N([C@H](C)c2cccnc2N)CCO3)c1C(F)(F)F. The van der Waals surface area contributed by atoms with E-state index in [1.54, 1.807) is 18.3 Å². The molecule has 1 saturated heterocycles. The molecule has 0 amide bonds. The molecule has 0 radical (unpaired) electrons. The van der Waals surface area contributed by atoms with Crippen LogP contribution in [0.3, 0.4) is 0 Å². The van der Waals surface area contributed by atoms with E-state index in [0.29, 0.717) is 25.3 Å². The van der Waals surface area contributed by atoms with E-state index in [2.05, 4.69) is 25.3 Å². The Hall–Kier alpha value is -4.21. The Balaban J connectivity index is 1.60. The van der Waals surface area contributed by atoms with E-state index < -0.39 is 39.9 Å². The highest BCUT2D eigenvalue weighted by molar-refractivity contribution is 6.36. The van der Waals surface area contributed by atoms with E-state index in [0.717, 1.165) is 6.07 Å². The molecular formula is C29H29ClF4N8O3. The number of ether oxygens (including phenoxy) is 3. The van der Waals surface area contributed by atoms with Gasteiger partial charge in [-0.2, -0.15) is 23.1 Å². The van der Waals surface area contributed by atoms with Crippen molar-refractivity contribution in [3.63, 3.8) is 0 Å². The summed E-state index contributed by atoms with van der Waals surface area (Å²) in [5, 5.41) is 2.87. The lowest BCUT2D eigenvalue weighted by atomic mass is 9.98. The average molecular weight is 649 g/mol. The molecule has 45 heavy (non-hydrogen) atoms. The van der Waals surface area contributed by atoms with Crippen molar-refractivity contribution in [3.8, 4) is 23.0 Å². The highest BCUT2D eigenvalue weighted by atomic mass is 35.5. The number of nitrogens with zero attached hydrogens (tertiary/aromatic N) is 5. The van der Waals surface area contributed by atoms with Crippen molar-refractivity contribution in [3.05, 3.63) is 51.9 Å². The van der Waals surface area contributed by atoms with Crippen LogP contribution in [0, 0.1) is 12.7 Å². The highest BCUT2D eigenvalue weighted by Crippen LogP contribution is 2.50. The lowest BCUT2D eigenvalue weighted by Gasteiger charge is -2.30. The van der Waals surface area contributed by atoms with Gasteiger partial charge in [-0.15, -0.1) is 0 Å². The van der Waals surface area contributed by atoms with Gasteiger partial charge in [0, 0.05) is 18.3 Å². The fourth-order valence-corrected chi connectivity index (χ4v) is 5.99. The maximum absolute atomic E-state index is 16.8. The molecule has 2 aliphatic heterocycles. The van der Waals surface area contributed by atoms with Crippen molar-refractivity contribution in [2.45, 2.75) is 32.1 Å². The maximum Gasteiger partial charge on any atom is 0.418 e. The summed E-state index contributed by atoms with van der Waals surface area (Å²) in [5.41, 5.74) is 9.45. The van der Waals surface area contributed by atoms with Gasteiger partial charge in [-0.05, 0) is 31.5 Å². The van der Waals surface area contributed by atoms with Gasteiger partial charge in [-0.1, -0.05) is 17.7 Å². The topological polar surface area (TPSA) is 147 Å². The lowest BCUT2D eigenvalue weighted by Crippen LogP contribution is -2.45. The number of aryl methyl sites for hydroxylation is 1. The Morgan fingerprint density at radius 1 is 1.22 bits per heavy atom. The molecule has 0 spiro atoms. The lowest BCUT2D eigenvalue weighted by molar-refractivity contribution is -0.137. The van der Waals surface area contributed by atoms with Gasteiger partial charge in [0.1, 0.15) is 36.2 Å². The quantitative estimate of drug-likeness (QED) is 0.250. The zero-order valence-corrected chi connectivity index (χ0v) is 25.0. The van der Waals surface area contributed by atoms with Crippen LogP contribution in [-0.2, 0) is 10.9 Å². The molecule has 238 valence electrons. The standard InChI is InChI=1S/C29H29ClF4N8O3/c1-13-10-17(35)39-23(20(13)29(32,33)34)18-21(30)25-19-24(22(18)31)40-28(45-12-15-11-43-8-6-37-15)41-27(19)42(7-9-44-25)14(2)16-4-3-5-38-26(16)36/h3-5,10,14-15,37H,6-9,11-12H2,1-2H3,(H2,35,39)(H2,36,38)/t14-,15-/m1/s1. The van der Waals surface area contributed by atoms with Gasteiger partial charge in [0.15, 0.2) is 11.6 Å². The third-order valence-electron chi connectivity index (χ3n) is 7.75. The minimum atomic E-state index is -4.91. The molecule has 16 heteroatoms. The van der Waals surface area contributed by atoms with Crippen LogP contribution in [0.2, 0.25) is 5.02 Å². The van der Waals surface area contributed by atoms with E-state index >= 15 is 4.39 Å². The summed E-state index contributed by atoms with van der Waals surface area (Å²) < 4.78 is 77.2. The van der Waals surface area contributed by atoms with E-state index in [4.69, 9.17) is 37.3 Å². The number of benzene rings is 1. The minimum absolute atomic E-state index is 0.00972. The van der Waals surface area contributed by atoms with Crippen LogP contribution in [0.5, 0.6) is 11.8 Å². The van der Waals surface area contributed by atoms with Gasteiger partial charge in [-0.3, -0.25) is 0 Å². The van der Waals surface area contributed by atoms with Crippen LogP contribution in [-0.4, -0.2) is 65.5 Å². The summed E-state index contributed by atoms with van der Waals surface area (Å²) in [5.74, 6) is -1.06. The average Bonchev–Trinajstić information content (AvgIpc) is 3.18. The summed E-state index contributed by atoms with van der Waals surface area (Å²) in [7, 11) is 0. The van der Waals surface area contributed by atoms with Crippen LogP contribution in [0.4, 0.5) is 35.0 Å². The fourth-order valence-electron chi connectivity index (χ4n) is 5.67. The van der Waals surface area contributed by atoms with Gasteiger partial charge in [0.2, 0.25) is 0 Å². The number of halogens is 5. The number of hydrogen-bond donors (Lipinski definition) is 3. The van der Waals surface area contributed by atoms with Crippen molar-refractivity contribution in [1.82, 2.24) is 25.3 Å². The molecule has 0 bridgehead atoms. The number of alkyl halides is 3. The number of nitrogens with one attached hydrogen (secondary N) is 1. The fraction of sp³-hybridized carbons (Fsp3) is 0.379. The molecule has 2 atom stereocenters. The molecule has 3 aromatic heterocycles. The Morgan fingerprint density at radius 3 is 2.73 bits per heavy atom. The van der Waals surface area contributed by atoms with Gasteiger partial charge >= 0.3 is 12.2 Å². The number of anilines is 3. The van der Waals surface area contributed by atoms with Crippen LogP contribution < -0.4 is 31.2 Å². The third-order valence-corrected chi connectivity index (χ3v) is 8.11. The van der Waals surface area contributed by atoms with Gasteiger partial charge < -0.3 is 35.9 Å². The minimum Gasteiger partial charge on any atom is -0.489 e. The molecule has 0 saturated carbocycles. The largest absolute Gasteiger partial charge is 0.489 e. The Labute approximate surface area is 259 Å². The molecule has 4 aromatic rings. The van der Waals surface area contributed by atoms with E-state index in [1.807, 2.05) is 11.8 Å². The summed E-state index contributed by atoms with van der Waals surface area (Å²) in [6.45, 7) is 4.90. The molecule has 2 aliphatic rings. The Bertz CT molecular complexity index is 1770. The molecule has 5 heterocycles. The summed E-state index contributed by atoms with van der Waals surface area (Å²) in [6, 6.07) is 3.73. The zero-order chi connectivity index (χ0) is 32.0. The highest BCUT2D eigenvalue weighted by Gasteiger charge is 2.40. The second-order valence-electron chi connectivity index (χ2n) is 10.7. The van der Waals surface area contributed by atoms with Crippen LogP contribution in [0.1, 0.15) is 29.7 Å². The normalized spacial score (nSPS) is 17.6.